The smallest absolute Gasteiger partial charge is 0.339 e. The molecular weight excluding hydrogens is 399 g/mol. The molecule has 2 amide bonds. The van der Waals surface area contributed by atoms with Crippen molar-refractivity contribution in [2.45, 2.75) is 4.90 Å². The molecule has 0 unspecified atom stereocenters. The molecule has 6 nitrogen and oxygen atoms in total. The molecule has 0 radical (unpaired) electrons. The molecule has 1 fully saturated rings. The van der Waals surface area contributed by atoms with Crippen molar-refractivity contribution in [3.63, 3.8) is 0 Å². The van der Waals surface area contributed by atoms with Gasteiger partial charge in [0.1, 0.15) is 4.90 Å². The molecule has 12 heteroatoms. The second-order valence-electron chi connectivity index (χ2n) is 5.31. The molecule has 144 valence electrons. The van der Waals surface area contributed by atoms with Crippen molar-refractivity contribution in [2.75, 3.05) is 18.0 Å². The highest BCUT2D eigenvalue weighted by Gasteiger charge is 2.31. The number of hydrogen-bond donors (Lipinski definition) is 1. The van der Waals surface area contributed by atoms with E-state index in [1.807, 2.05) is 0 Å². The third-order valence-electron chi connectivity index (χ3n) is 3.66. The Bertz CT molecular complexity index is 998. The summed E-state index contributed by atoms with van der Waals surface area (Å²) in [6.07, 6.45) is 0. The van der Waals surface area contributed by atoms with Crippen LogP contribution >= 0.6 is 0 Å². The summed E-state index contributed by atoms with van der Waals surface area (Å²) in [6, 6.07) is 3.97. The fraction of sp³-hybridized carbons (Fsp3) is 0.133. The Labute approximate surface area is 149 Å². The summed E-state index contributed by atoms with van der Waals surface area (Å²) in [5.41, 5.74) is 0.334. The number of carbonyl (C=O) groups excluding carboxylic acids is 1. The van der Waals surface area contributed by atoms with Crippen LogP contribution in [-0.4, -0.2) is 27.5 Å². The van der Waals surface area contributed by atoms with Gasteiger partial charge in [0.05, 0.1) is 0 Å². The number of urea groups is 1. The number of nitrogens with one attached hydrogen (secondary N) is 1. The zero-order valence-corrected chi connectivity index (χ0v) is 13.9. The number of halogens is 5. The minimum Gasteiger partial charge on any atom is -0.372 e. The molecule has 1 aliphatic rings. The summed E-state index contributed by atoms with van der Waals surface area (Å²) >= 11 is 0. The first-order valence-corrected chi connectivity index (χ1v) is 8.65. The molecule has 0 atom stereocenters. The number of anilines is 1. The van der Waals surface area contributed by atoms with Gasteiger partial charge < -0.3 is 9.50 Å². The van der Waals surface area contributed by atoms with Gasteiger partial charge in [0.15, 0.2) is 0 Å². The highest BCUT2D eigenvalue weighted by molar-refractivity contribution is 7.87. The lowest BCUT2D eigenvalue weighted by atomic mass is 10.3. The Balaban J connectivity index is 1.93. The molecule has 0 spiro atoms. The summed E-state index contributed by atoms with van der Waals surface area (Å²) in [5, 5.41) is 2.53. The topological polar surface area (TPSA) is 75.7 Å². The highest BCUT2D eigenvalue weighted by Crippen LogP contribution is 2.31. The van der Waals surface area contributed by atoms with Crippen LogP contribution in [0.5, 0.6) is 5.75 Å². The van der Waals surface area contributed by atoms with Gasteiger partial charge in [-0.1, -0.05) is 0 Å². The number of nitrogens with zero attached hydrogens (tertiary/aromatic N) is 1. The standard InChI is InChI=1S/C15H9F5N2O4S/c16-9-10(17)12(19)14(13(20)11(9)18)26-27(24,25)8-3-1-7(2-4-8)22-6-5-21-15(22)23/h1-4H,5-6H2,(H,21,23). The summed E-state index contributed by atoms with van der Waals surface area (Å²) < 4.78 is 94.9. The van der Waals surface area contributed by atoms with Gasteiger partial charge in [-0.25, -0.2) is 18.0 Å². The maximum atomic E-state index is 13.6. The molecule has 1 N–H and O–H groups in total. The zero-order chi connectivity index (χ0) is 19.9. The van der Waals surface area contributed by atoms with Crippen molar-refractivity contribution in [3.8, 4) is 5.75 Å². The molecule has 0 saturated carbocycles. The van der Waals surface area contributed by atoms with Crippen LogP contribution in [0, 0.1) is 29.1 Å². The van der Waals surface area contributed by atoms with Gasteiger partial charge in [0.25, 0.3) is 0 Å². The first kappa shape index (κ1) is 18.9. The number of hydrogen-bond acceptors (Lipinski definition) is 4. The third kappa shape index (κ3) is 3.27. The van der Waals surface area contributed by atoms with E-state index in [-0.39, 0.29) is 0 Å². The maximum absolute atomic E-state index is 13.6. The molecule has 2 aromatic rings. The van der Waals surface area contributed by atoms with E-state index in [9.17, 15) is 35.2 Å². The van der Waals surface area contributed by atoms with E-state index in [0.29, 0.717) is 18.8 Å². The minimum absolute atomic E-state index is 0.334. The minimum atomic E-state index is -4.91. The van der Waals surface area contributed by atoms with E-state index >= 15 is 0 Å². The number of benzene rings is 2. The van der Waals surface area contributed by atoms with Gasteiger partial charge in [-0.3, -0.25) is 4.90 Å². The van der Waals surface area contributed by atoms with Gasteiger partial charge in [-0.15, -0.1) is 0 Å². The molecule has 0 bridgehead atoms. The quantitative estimate of drug-likeness (QED) is 0.365. The molecule has 3 rings (SSSR count). The first-order valence-electron chi connectivity index (χ1n) is 7.25. The van der Waals surface area contributed by atoms with Gasteiger partial charge in [0, 0.05) is 18.8 Å². The normalized spacial score (nSPS) is 14.4. The van der Waals surface area contributed by atoms with E-state index < -0.39 is 55.9 Å². The van der Waals surface area contributed by atoms with Gasteiger partial charge in [-0.05, 0) is 24.3 Å². The van der Waals surface area contributed by atoms with E-state index in [1.54, 1.807) is 0 Å². The lowest BCUT2D eigenvalue weighted by Crippen LogP contribution is -2.27. The van der Waals surface area contributed by atoms with Gasteiger partial charge in [-0.2, -0.15) is 17.2 Å². The number of rotatable bonds is 4. The molecule has 1 aliphatic heterocycles. The average Bonchev–Trinajstić information content (AvgIpc) is 3.08. The van der Waals surface area contributed by atoms with Crippen molar-refractivity contribution in [3.05, 3.63) is 53.4 Å². The second kappa shape index (κ2) is 6.68. The fourth-order valence-corrected chi connectivity index (χ4v) is 3.26. The lowest BCUT2D eigenvalue weighted by molar-refractivity contribution is 0.252. The Morgan fingerprint density at radius 3 is 1.89 bits per heavy atom. The van der Waals surface area contributed by atoms with Crippen LogP contribution in [0.4, 0.5) is 32.4 Å². The van der Waals surface area contributed by atoms with E-state index in [4.69, 9.17) is 0 Å². The van der Waals surface area contributed by atoms with E-state index in [1.165, 1.54) is 17.0 Å². The second-order valence-corrected chi connectivity index (χ2v) is 6.86. The first-order chi connectivity index (χ1) is 12.6. The van der Waals surface area contributed by atoms with E-state index in [2.05, 4.69) is 9.50 Å². The van der Waals surface area contributed by atoms with Crippen molar-refractivity contribution >= 4 is 21.8 Å². The van der Waals surface area contributed by atoms with Crippen LogP contribution < -0.4 is 14.4 Å². The summed E-state index contributed by atoms with van der Waals surface area (Å²) in [5.74, 6) is -13.9. The molecule has 1 heterocycles. The van der Waals surface area contributed by atoms with Crippen LogP contribution in [0.2, 0.25) is 0 Å². The summed E-state index contributed by atoms with van der Waals surface area (Å²) in [4.78, 5) is 12.2. The predicted molar refractivity (Wildman–Crippen MR) is 81.2 cm³/mol. The highest BCUT2D eigenvalue weighted by atomic mass is 32.2. The van der Waals surface area contributed by atoms with Crippen LogP contribution in [0.3, 0.4) is 0 Å². The van der Waals surface area contributed by atoms with Gasteiger partial charge >= 0.3 is 16.1 Å². The monoisotopic (exact) mass is 408 g/mol. The Kier molecular flexibility index (Phi) is 4.68. The average molecular weight is 408 g/mol. The summed E-state index contributed by atoms with van der Waals surface area (Å²) in [6.45, 7) is 0.730. The zero-order valence-electron chi connectivity index (χ0n) is 13.1. The molecule has 0 aliphatic carbocycles. The number of carbonyl (C=O) groups is 1. The number of amides is 2. The Hall–Kier alpha value is -2.89. The van der Waals surface area contributed by atoms with Crippen molar-refractivity contribution < 1.29 is 39.3 Å². The Morgan fingerprint density at radius 1 is 0.889 bits per heavy atom. The van der Waals surface area contributed by atoms with Crippen LogP contribution in [0.1, 0.15) is 0 Å². The summed E-state index contributed by atoms with van der Waals surface area (Å²) in [7, 11) is -4.91. The maximum Gasteiger partial charge on any atom is 0.339 e. The van der Waals surface area contributed by atoms with Crippen LogP contribution in [0.15, 0.2) is 29.2 Å². The SMILES string of the molecule is O=C1NCCN1c1ccc(S(=O)(=O)Oc2c(F)c(F)c(F)c(F)c2F)cc1. The van der Waals surface area contributed by atoms with Crippen molar-refractivity contribution in [2.24, 2.45) is 0 Å². The largest absolute Gasteiger partial charge is 0.372 e. The fourth-order valence-electron chi connectivity index (χ4n) is 2.33. The Morgan fingerprint density at radius 2 is 1.41 bits per heavy atom. The van der Waals surface area contributed by atoms with Crippen LogP contribution in [0.25, 0.3) is 0 Å². The van der Waals surface area contributed by atoms with Crippen molar-refractivity contribution in [1.29, 1.82) is 0 Å². The van der Waals surface area contributed by atoms with E-state index in [0.717, 1.165) is 12.1 Å². The lowest BCUT2D eigenvalue weighted by Gasteiger charge is -2.15. The molecule has 0 aromatic heterocycles. The molecule has 2 aromatic carbocycles. The molecule has 1 saturated heterocycles. The van der Waals surface area contributed by atoms with Gasteiger partial charge in [0.2, 0.25) is 34.8 Å². The molecular formula is C15H9F5N2O4S. The van der Waals surface area contributed by atoms with Crippen molar-refractivity contribution in [1.82, 2.24) is 5.32 Å². The van der Waals surface area contributed by atoms with Crippen LogP contribution in [-0.2, 0) is 10.1 Å². The third-order valence-corrected chi connectivity index (χ3v) is 4.89. The molecule has 27 heavy (non-hydrogen) atoms. The predicted octanol–water partition coefficient (Wildman–Crippen LogP) is 2.68.